The average Bonchev–Trinajstić information content (AvgIpc) is 3.10. The van der Waals surface area contributed by atoms with Crippen molar-refractivity contribution in [2.45, 2.75) is 57.9 Å². The number of rotatable bonds is 6. The second kappa shape index (κ2) is 8.60. The Kier molecular flexibility index (Phi) is 6.24. The van der Waals surface area contributed by atoms with Crippen molar-refractivity contribution < 1.29 is 9.53 Å². The van der Waals surface area contributed by atoms with Crippen molar-refractivity contribution in [3.63, 3.8) is 0 Å². The summed E-state index contributed by atoms with van der Waals surface area (Å²) >= 11 is 0. The summed E-state index contributed by atoms with van der Waals surface area (Å²) in [6.45, 7) is 3.17. The molecule has 0 aromatic carbocycles. The van der Waals surface area contributed by atoms with Crippen LogP contribution in [0.25, 0.3) is 0 Å². The predicted octanol–water partition coefficient (Wildman–Crippen LogP) is 2.75. The minimum atomic E-state index is 0.0136. The zero-order chi connectivity index (χ0) is 16.8. The molecule has 2 fully saturated rings. The Labute approximate surface area is 144 Å². The number of hydrogen-bond acceptors (Lipinski definition) is 4. The lowest BCUT2D eigenvalue weighted by Crippen LogP contribution is -2.41. The van der Waals surface area contributed by atoms with Crippen LogP contribution in [-0.2, 0) is 11.3 Å². The molecular formula is C18H30N4O2. The third-order valence-electron chi connectivity index (χ3n) is 5.46. The molecule has 1 aromatic rings. The van der Waals surface area contributed by atoms with Crippen molar-refractivity contribution in [3.05, 3.63) is 11.9 Å². The van der Waals surface area contributed by atoms with Gasteiger partial charge in [-0.2, -0.15) is 0 Å². The molecule has 1 aliphatic heterocycles. The molecule has 1 aromatic heterocycles. The third kappa shape index (κ3) is 4.56. The van der Waals surface area contributed by atoms with E-state index in [0.717, 1.165) is 51.4 Å². The maximum atomic E-state index is 12.6. The van der Waals surface area contributed by atoms with E-state index in [9.17, 15) is 4.79 Å². The second-order valence-electron chi connectivity index (χ2n) is 7.37. The minimum absolute atomic E-state index is 0.0136. The first kappa shape index (κ1) is 17.4. The predicted molar refractivity (Wildman–Crippen MR) is 91.7 cm³/mol. The van der Waals surface area contributed by atoms with Crippen molar-refractivity contribution >= 4 is 5.91 Å². The lowest BCUT2D eigenvalue weighted by Gasteiger charge is -2.31. The molecule has 0 unspecified atom stereocenters. The van der Waals surface area contributed by atoms with E-state index in [-0.39, 0.29) is 5.91 Å². The molecule has 2 heterocycles. The molecule has 1 atom stereocenters. The molecular weight excluding hydrogens is 304 g/mol. The molecule has 6 nitrogen and oxygen atoms in total. The highest BCUT2D eigenvalue weighted by Crippen LogP contribution is 2.26. The van der Waals surface area contributed by atoms with E-state index in [4.69, 9.17) is 4.74 Å². The van der Waals surface area contributed by atoms with Gasteiger partial charge in [0.15, 0.2) is 5.69 Å². The first-order valence-electron chi connectivity index (χ1n) is 9.44. The Balaban J connectivity index is 1.51. The van der Waals surface area contributed by atoms with Crippen molar-refractivity contribution in [1.82, 2.24) is 19.9 Å². The molecule has 0 N–H and O–H groups in total. The van der Waals surface area contributed by atoms with E-state index in [1.165, 1.54) is 32.1 Å². The Morgan fingerprint density at radius 1 is 1.21 bits per heavy atom. The lowest BCUT2D eigenvalue weighted by atomic mass is 9.87. The molecule has 1 aliphatic carbocycles. The largest absolute Gasteiger partial charge is 0.384 e. The maximum absolute atomic E-state index is 12.6. The first-order chi connectivity index (χ1) is 11.8. The molecule has 0 bridgehead atoms. The Morgan fingerprint density at radius 3 is 2.79 bits per heavy atom. The van der Waals surface area contributed by atoms with Gasteiger partial charge in [-0.05, 0) is 31.1 Å². The minimum Gasteiger partial charge on any atom is -0.384 e. The fraction of sp³-hybridized carbons (Fsp3) is 0.833. The molecule has 1 saturated heterocycles. The van der Waals surface area contributed by atoms with Crippen LogP contribution in [0.2, 0.25) is 0 Å². The number of carbonyl (C=O) groups excluding carboxylic acids is 1. The molecule has 0 radical (unpaired) electrons. The quantitative estimate of drug-likeness (QED) is 0.802. The molecule has 6 heteroatoms. The topological polar surface area (TPSA) is 60.2 Å². The molecule has 24 heavy (non-hydrogen) atoms. The van der Waals surface area contributed by atoms with Gasteiger partial charge in [-0.3, -0.25) is 9.48 Å². The van der Waals surface area contributed by atoms with E-state index in [1.807, 2.05) is 15.8 Å². The SMILES string of the molecule is COC[C@@H]1CCCN(C(=O)c2cn(CCC3CCCCC3)nn2)C1. The van der Waals surface area contributed by atoms with Crippen LogP contribution in [0.5, 0.6) is 0 Å². The number of hydrogen-bond donors (Lipinski definition) is 0. The smallest absolute Gasteiger partial charge is 0.276 e. The molecule has 2 aliphatic rings. The summed E-state index contributed by atoms with van der Waals surface area (Å²) in [4.78, 5) is 14.5. The summed E-state index contributed by atoms with van der Waals surface area (Å²) in [6, 6.07) is 0. The van der Waals surface area contributed by atoms with Gasteiger partial charge in [0.25, 0.3) is 5.91 Å². The number of carbonyl (C=O) groups is 1. The number of aryl methyl sites for hydroxylation is 1. The highest BCUT2D eigenvalue weighted by Gasteiger charge is 2.26. The van der Waals surface area contributed by atoms with Gasteiger partial charge < -0.3 is 9.64 Å². The van der Waals surface area contributed by atoms with Gasteiger partial charge in [0.1, 0.15) is 0 Å². The fourth-order valence-electron chi connectivity index (χ4n) is 4.08. The van der Waals surface area contributed by atoms with Gasteiger partial charge in [-0.1, -0.05) is 37.3 Å². The van der Waals surface area contributed by atoms with Gasteiger partial charge in [-0.15, -0.1) is 5.10 Å². The number of aromatic nitrogens is 3. The number of methoxy groups -OCH3 is 1. The average molecular weight is 334 g/mol. The van der Waals surface area contributed by atoms with Crippen LogP contribution in [0, 0.1) is 11.8 Å². The monoisotopic (exact) mass is 334 g/mol. The van der Waals surface area contributed by atoms with E-state index < -0.39 is 0 Å². The fourth-order valence-corrected chi connectivity index (χ4v) is 4.08. The second-order valence-corrected chi connectivity index (χ2v) is 7.37. The molecule has 1 saturated carbocycles. The van der Waals surface area contributed by atoms with Crippen molar-refractivity contribution in [1.29, 1.82) is 0 Å². The van der Waals surface area contributed by atoms with Crippen LogP contribution in [-0.4, -0.2) is 52.6 Å². The number of ether oxygens (including phenoxy) is 1. The van der Waals surface area contributed by atoms with Gasteiger partial charge >= 0.3 is 0 Å². The van der Waals surface area contributed by atoms with Crippen molar-refractivity contribution in [2.75, 3.05) is 26.8 Å². The summed E-state index contributed by atoms with van der Waals surface area (Å²) in [5, 5.41) is 8.28. The van der Waals surface area contributed by atoms with E-state index in [0.29, 0.717) is 11.6 Å². The lowest BCUT2D eigenvalue weighted by molar-refractivity contribution is 0.0565. The Hall–Kier alpha value is -1.43. The van der Waals surface area contributed by atoms with Gasteiger partial charge in [-0.25, -0.2) is 0 Å². The molecule has 134 valence electrons. The summed E-state index contributed by atoms with van der Waals surface area (Å²) < 4.78 is 7.08. The van der Waals surface area contributed by atoms with Gasteiger partial charge in [0.05, 0.1) is 12.8 Å². The van der Waals surface area contributed by atoms with E-state index >= 15 is 0 Å². The van der Waals surface area contributed by atoms with Crippen LogP contribution < -0.4 is 0 Å². The zero-order valence-corrected chi connectivity index (χ0v) is 14.8. The normalized spacial score (nSPS) is 22.7. The Morgan fingerprint density at radius 2 is 2.00 bits per heavy atom. The van der Waals surface area contributed by atoms with Gasteiger partial charge in [0, 0.05) is 26.7 Å². The van der Waals surface area contributed by atoms with Crippen LogP contribution >= 0.6 is 0 Å². The van der Waals surface area contributed by atoms with E-state index in [1.54, 1.807) is 7.11 Å². The first-order valence-corrected chi connectivity index (χ1v) is 9.44. The molecule has 3 rings (SSSR count). The summed E-state index contributed by atoms with van der Waals surface area (Å²) in [5.74, 6) is 1.27. The highest BCUT2D eigenvalue weighted by molar-refractivity contribution is 5.92. The maximum Gasteiger partial charge on any atom is 0.276 e. The van der Waals surface area contributed by atoms with Crippen molar-refractivity contribution in [3.8, 4) is 0 Å². The number of nitrogens with zero attached hydrogens (tertiary/aromatic N) is 4. The number of piperidine rings is 1. The van der Waals surface area contributed by atoms with E-state index in [2.05, 4.69) is 10.3 Å². The van der Waals surface area contributed by atoms with Gasteiger partial charge in [0.2, 0.25) is 0 Å². The summed E-state index contributed by atoms with van der Waals surface area (Å²) in [6.07, 6.45) is 11.9. The zero-order valence-electron chi connectivity index (χ0n) is 14.8. The van der Waals surface area contributed by atoms with Crippen LogP contribution in [0.3, 0.4) is 0 Å². The molecule has 0 spiro atoms. The number of likely N-dealkylation sites (tertiary alicyclic amines) is 1. The van der Waals surface area contributed by atoms with Crippen LogP contribution in [0.15, 0.2) is 6.20 Å². The standard InChI is InChI=1S/C18H30N4O2/c1-24-14-16-8-5-10-21(12-16)18(23)17-13-22(20-19-17)11-9-15-6-3-2-4-7-15/h13,15-16H,2-12,14H2,1H3/t16-/m1/s1. The van der Waals surface area contributed by atoms with Crippen LogP contribution in [0.4, 0.5) is 0 Å². The highest BCUT2D eigenvalue weighted by atomic mass is 16.5. The number of amides is 1. The van der Waals surface area contributed by atoms with Crippen LogP contribution in [0.1, 0.15) is 61.9 Å². The van der Waals surface area contributed by atoms with Crippen molar-refractivity contribution in [2.24, 2.45) is 11.8 Å². The summed E-state index contributed by atoms with van der Waals surface area (Å²) in [7, 11) is 1.72. The third-order valence-corrected chi connectivity index (χ3v) is 5.46. The summed E-state index contributed by atoms with van der Waals surface area (Å²) in [5.41, 5.74) is 0.483. The molecule has 1 amide bonds. The Bertz CT molecular complexity index is 523.